The maximum absolute atomic E-state index is 12.8. The minimum Gasteiger partial charge on any atom is -0.497 e. The number of carbonyl (C=O) groups is 1. The second-order valence-electron chi connectivity index (χ2n) is 6.51. The van der Waals surface area contributed by atoms with Crippen molar-refractivity contribution in [1.82, 2.24) is 9.78 Å². The number of aromatic nitrogens is 2. The third kappa shape index (κ3) is 5.36. The molecule has 1 amide bonds. The molecule has 154 valence electrons. The summed E-state index contributed by atoms with van der Waals surface area (Å²) in [5.74, 6) is 0.486. The van der Waals surface area contributed by atoms with E-state index in [9.17, 15) is 9.59 Å². The lowest BCUT2D eigenvalue weighted by atomic mass is 10.1. The number of hydrogen-bond donors (Lipinski definition) is 1. The number of allylic oxidation sites excluding steroid dienone is 1. The van der Waals surface area contributed by atoms with Crippen LogP contribution >= 0.6 is 11.6 Å². The molecule has 6 nitrogen and oxygen atoms in total. The lowest BCUT2D eigenvalue weighted by Gasteiger charge is -2.11. The van der Waals surface area contributed by atoms with Crippen molar-refractivity contribution in [2.45, 2.75) is 19.9 Å². The third-order valence-electron chi connectivity index (χ3n) is 4.41. The molecule has 0 saturated carbocycles. The molecule has 0 bridgehead atoms. The van der Waals surface area contributed by atoms with E-state index in [1.165, 1.54) is 4.68 Å². The summed E-state index contributed by atoms with van der Waals surface area (Å²) >= 11 is 5.91. The largest absolute Gasteiger partial charge is 0.497 e. The molecular formula is C23H22ClN3O3. The second kappa shape index (κ2) is 9.89. The van der Waals surface area contributed by atoms with Crippen LogP contribution in [-0.4, -0.2) is 22.8 Å². The molecule has 0 aliphatic rings. The van der Waals surface area contributed by atoms with Gasteiger partial charge in [0.2, 0.25) is 5.91 Å². The summed E-state index contributed by atoms with van der Waals surface area (Å²) < 4.78 is 6.52. The first-order valence-electron chi connectivity index (χ1n) is 9.48. The molecule has 0 fully saturated rings. The minimum atomic E-state index is -0.366. The predicted molar refractivity (Wildman–Crippen MR) is 120 cm³/mol. The molecule has 1 aromatic heterocycles. The van der Waals surface area contributed by atoms with Gasteiger partial charge < -0.3 is 10.1 Å². The highest BCUT2D eigenvalue weighted by molar-refractivity contribution is 6.30. The van der Waals surface area contributed by atoms with E-state index in [1.54, 1.807) is 32.2 Å². The highest BCUT2D eigenvalue weighted by Crippen LogP contribution is 2.21. The van der Waals surface area contributed by atoms with Crippen LogP contribution in [0.2, 0.25) is 5.02 Å². The van der Waals surface area contributed by atoms with Crippen LogP contribution < -0.4 is 15.6 Å². The van der Waals surface area contributed by atoms with Crippen molar-refractivity contribution < 1.29 is 9.53 Å². The maximum atomic E-state index is 12.8. The molecule has 3 rings (SSSR count). The molecule has 30 heavy (non-hydrogen) atoms. The molecule has 1 N–H and O–H groups in total. The van der Waals surface area contributed by atoms with Crippen molar-refractivity contribution in [1.29, 1.82) is 0 Å². The van der Waals surface area contributed by atoms with Crippen molar-refractivity contribution in [3.63, 3.8) is 0 Å². The third-order valence-corrected chi connectivity index (χ3v) is 4.67. The summed E-state index contributed by atoms with van der Waals surface area (Å²) in [7, 11) is 1.60. The Hall–Kier alpha value is -3.38. The normalized spacial score (nSPS) is 10.9. The Bertz CT molecular complexity index is 1100. The van der Waals surface area contributed by atoms with Gasteiger partial charge in [-0.3, -0.25) is 9.59 Å². The monoisotopic (exact) mass is 423 g/mol. The van der Waals surface area contributed by atoms with Gasteiger partial charge in [-0.25, -0.2) is 4.68 Å². The van der Waals surface area contributed by atoms with Gasteiger partial charge >= 0.3 is 0 Å². The average molecular weight is 424 g/mol. The van der Waals surface area contributed by atoms with Crippen LogP contribution in [0.4, 0.5) is 5.69 Å². The minimum absolute atomic E-state index is 0.197. The number of benzene rings is 2. The van der Waals surface area contributed by atoms with Gasteiger partial charge in [-0.2, -0.15) is 5.10 Å². The number of halogens is 1. The predicted octanol–water partition coefficient (Wildman–Crippen LogP) is 4.63. The van der Waals surface area contributed by atoms with Crippen molar-refractivity contribution in [3.8, 4) is 17.0 Å². The summed E-state index contributed by atoms with van der Waals surface area (Å²) in [6.45, 7) is 1.98. The maximum Gasteiger partial charge on any atom is 0.290 e. The number of amides is 1. The highest BCUT2D eigenvalue weighted by atomic mass is 35.5. The molecule has 3 aromatic rings. The summed E-state index contributed by atoms with van der Waals surface area (Å²) in [5.41, 5.74) is 2.16. The van der Waals surface area contributed by atoms with Crippen molar-refractivity contribution in [2.75, 3.05) is 12.4 Å². The molecule has 0 radical (unpaired) electrons. The van der Waals surface area contributed by atoms with Crippen LogP contribution in [0.15, 0.2) is 65.5 Å². The smallest absolute Gasteiger partial charge is 0.290 e. The number of nitrogens with zero attached hydrogens (tertiary/aromatic N) is 2. The van der Waals surface area contributed by atoms with E-state index in [4.69, 9.17) is 16.3 Å². The first kappa shape index (κ1) is 21.3. The zero-order valence-corrected chi connectivity index (χ0v) is 17.5. The molecule has 2 aromatic carbocycles. The molecule has 7 heteroatoms. The first-order chi connectivity index (χ1) is 14.5. The second-order valence-corrected chi connectivity index (χ2v) is 6.95. The van der Waals surface area contributed by atoms with Crippen LogP contribution in [0, 0.1) is 0 Å². The molecule has 0 atom stereocenters. The number of nitrogens with one attached hydrogen (secondary N) is 1. The van der Waals surface area contributed by atoms with E-state index in [0.717, 1.165) is 16.9 Å². The van der Waals surface area contributed by atoms with E-state index < -0.39 is 0 Å². The zero-order chi connectivity index (χ0) is 21.5. The first-order valence-corrected chi connectivity index (χ1v) is 9.86. The lowest BCUT2D eigenvalue weighted by molar-refractivity contribution is -0.115. The van der Waals surface area contributed by atoms with Gasteiger partial charge in [0.15, 0.2) is 0 Å². The summed E-state index contributed by atoms with van der Waals surface area (Å²) in [5, 5.41) is 7.81. The summed E-state index contributed by atoms with van der Waals surface area (Å²) in [4.78, 5) is 24.7. The van der Waals surface area contributed by atoms with E-state index in [-0.39, 0.29) is 30.1 Å². The van der Waals surface area contributed by atoms with Crippen LogP contribution in [-0.2, 0) is 11.3 Å². The Morgan fingerprint density at radius 3 is 2.50 bits per heavy atom. The van der Waals surface area contributed by atoms with Gasteiger partial charge in [0.05, 0.1) is 19.3 Å². The fraction of sp³-hybridized carbons (Fsp3) is 0.174. The molecule has 0 spiro atoms. The molecule has 0 unspecified atom stereocenters. The fourth-order valence-corrected chi connectivity index (χ4v) is 2.89. The highest BCUT2D eigenvalue weighted by Gasteiger charge is 2.12. The lowest BCUT2D eigenvalue weighted by Crippen LogP contribution is -2.27. The number of carbonyl (C=O) groups excluding carboxylic acids is 1. The van der Waals surface area contributed by atoms with Crippen LogP contribution in [0.3, 0.4) is 0 Å². The van der Waals surface area contributed by atoms with E-state index in [1.807, 2.05) is 48.6 Å². The fourth-order valence-electron chi connectivity index (χ4n) is 2.76. The van der Waals surface area contributed by atoms with Crippen molar-refractivity contribution in [3.05, 3.63) is 81.6 Å². The molecular weight excluding hydrogens is 402 g/mol. The number of methoxy groups -OCH3 is 1. The van der Waals surface area contributed by atoms with Crippen molar-refractivity contribution in [2.24, 2.45) is 0 Å². The van der Waals surface area contributed by atoms with E-state index in [2.05, 4.69) is 10.4 Å². The average Bonchev–Trinajstić information content (AvgIpc) is 2.77. The Balaban J connectivity index is 1.95. The Morgan fingerprint density at radius 2 is 1.87 bits per heavy atom. The standard InChI is InChI=1S/C23H22ClN3O3/c1-3-22(28)25-21-15-20(17-8-12-19(30-2)13-9-17)26-27(23(21)29)14-4-5-16-6-10-18(24)11-7-16/h4-13,15H,3,14H2,1-2H3,(H,25,28)/b5-4+. The molecule has 0 aliphatic heterocycles. The quantitative estimate of drug-likeness (QED) is 0.601. The SMILES string of the molecule is CCC(=O)Nc1cc(-c2ccc(OC)cc2)nn(C/C=C/c2ccc(Cl)cc2)c1=O. The Morgan fingerprint density at radius 1 is 1.17 bits per heavy atom. The van der Waals surface area contributed by atoms with Crippen molar-refractivity contribution >= 4 is 29.3 Å². The van der Waals surface area contributed by atoms with Gasteiger partial charge in [-0.05, 0) is 48.0 Å². The summed E-state index contributed by atoms with van der Waals surface area (Å²) in [6.07, 6.45) is 3.99. The molecule has 0 aliphatic carbocycles. The van der Waals surface area contributed by atoms with Gasteiger partial charge in [0.1, 0.15) is 11.4 Å². The number of rotatable bonds is 7. The van der Waals surface area contributed by atoms with Gasteiger partial charge in [-0.15, -0.1) is 0 Å². The molecule has 1 heterocycles. The van der Waals surface area contributed by atoms with Crippen LogP contribution in [0.1, 0.15) is 18.9 Å². The van der Waals surface area contributed by atoms with E-state index in [0.29, 0.717) is 10.7 Å². The van der Waals surface area contributed by atoms with Crippen LogP contribution in [0.25, 0.3) is 17.3 Å². The summed E-state index contributed by atoms with van der Waals surface area (Å²) in [6, 6.07) is 16.3. The molecule has 0 saturated heterocycles. The van der Waals surface area contributed by atoms with E-state index >= 15 is 0 Å². The zero-order valence-electron chi connectivity index (χ0n) is 16.8. The Kier molecular flexibility index (Phi) is 7.03. The number of anilines is 1. The van der Waals surface area contributed by atoms with Crippen LogP contribution in [0.5, 0.6) is 5.75 Å². The topological polar surface area (TPSA) is 73.2 Å². The number of hydrogen-bond acceptors (Lipinski definition) is 4. The van der Waals surface area contributed by atoms with Gasteiger partial charge in [0.25, 0.3) is 5.56 Å². The Labute approximate surface area is 179 Å². The number of ether oxygens (including phenoxy) is 1. The van der Waals surface area contributed by atoms with Gasteiger partial charge in [-0.1, -0.05) is 42.8 Å². The van der Waals surface area contributed by atoms with Gasteiger partial charge in [0, 0.05) is 17.0 Å².